The fourth-order valence-electron chi connectivity index (χ4n) is 2.06. The standard InChI is InChI=1S/C17H21FN2O/c1-3-9-19-11-14-7-4-8-15(18)17(14)21-12-16-13(2)6-5-10-20-16/h4-8,10,19H,3,9,11-12H2,1-2H3. The van der Waals surface area contributed by atoms with E-state index in [1.807, 2.05) is 25.1 Å². The first-order chi connectivity index (χ1) is 10.2. The molecule has 0 aliphatic heterocycles. The quantitative estimate of drug-likeness (QED) is 0.790. The molecule has 0 radical (unpaired) electrons. The van der Waals surface area contributed by atoms with E-state index in [0.29, 0.717) is 12.3 Å². The Labute approximate surface area is 125 Å². The van der Waals surface area contributed by atoms with Crippen LogP contribution in [0.1, 0.15) is 30.2 Å². The molecule has 4 heteroatoms. The van der Waals surface area contributed by atoms with Crippen LogP contribution in [0.15, 0.2) is 36.5 Å². The van der Waals surface area contributed by atoms with Gasteiger partial charge in [0.25, 0.3) is 0 Å². The van der Waals surface area contributed by atoms with Crippen LogP contribution < -0.4 is 10.1 Å². The van der Waals surface area contributed by atoms with Crippen molar-refractivity contribution in [2.24, 2.45) is 0 Å². The number of nitrogens with zero attached hydrogens (tertiary/aromatic N) is 1. The molecule has 2 rings (SSSR count). The molecule has 0 fully saturated rings. The Hall–Kier alpha value is -1.94. The molecule has 0 aliphatic rings. The highest BCUT2D eigenvalue weighted by molar-refractivity contribution is 5.35. The zero-order chi connectivity index (χ0) is 15.1. The van der Waals surface area contributed by atoms with Crippen LogP contribution in [-0.2, 0) is 13.2 Å². The van der Waals surface area contributed by atoms with Crippen LogP contribution in [-0.4, -0.2) is 11.5 Å². The number of halogens is 1. The summed E-state index contributed by atoms with van der Waals surface area (Å²) in [5, 5.41) is 3.27. The van der Waals surface area contributed by atoms with Gasteiger partial charge in [0.2, 0.25) is 0 Å². The number of rotatable bonds is 7. The number of aryl methyl sites for hydroxylation is 1. The number of aromatic nitrogens is 1. The van der Waals surface area contributed by atoms with Gasteiger partial charge in [0.1, 0.15) is 6.61 Å². The van der Waals surface area contributed by atoms with Gasteiger partial charge in [0.15, 0.2) is 11.6 Å². The Morgan fingerprint density at radius 3 is 2.86 bits per heavy atom. The molecule has 0 aliphatic carbocycles. The van der Waals surface area contributed by atoms with Gasteiger partial charge in [-0.2, -0.15) is 0 Å². The molecule has 0 bridgehead atoms. The summed E-state index contributed by atoms with van der Waals surface area (Å²) in [5.41, 5.74) is 2.70. The predicted octanol–water partition coefficient (Wildman–Crippen LogP) is 3.61. The minimum Gasteiger partial charge on any atom is -0.484 e. The number of benzene rings is 1. The number of nitrogens with one attached hydrogen (secondary N) is 1. The van der Waals surface area contributed by atoms with Gasteiger partial charge in [-0.25, -0.2) is 4.39 Å². The molecule has 2 aromatic rings. The molecule has 0 saturated heterocycles. The van der Waals surface area contributed by atoms with Gasteiger partial charge in [-0.1, -0.05) is 25.1 Å². The number of pyridine rings is 1. The topological polar surface area (TPSA) is 34.1 Å². The Balaban J connectivity index is 2.09. The Morgan fingerprint density at radius 1 is 1.24 bits per heavy atom. The summed E-state index contributed by atoms with van der Waals surface area (Å²) in [6, 6.07) is 8.85. The van der Waals surface area contributed by atoms with Crippen molar-refractivity contribution in [3.05, 3.63) is 59.2 Å². The Kier molecular flexibility index (Phi) is 5.69. The van der Waals surface area contributed by atoms with E-state index in [0.717, 1.165) is 29.8 Å². The second-order valence-corrected chi connectivity index (χ2v) is 4.96. The maximum Gasteiger partial charge on any atom is 0.165 e. The summed E-state index contributed by atoms with van der Waals surface area (Å²) in [7, 11) is 0. The van der Waals surface area contributed by atoms with Crippen LogP contribution in [0.4, 0.5) is 4.39 Å². The zero-order valence-corrected chi connectivity index (χ0v) is 12.5. The van der Waals surface area contributed by atoms with Crippen LogP contribution in [0.5, 0.6) is 5.75 Å². The van der Waals surface area contributed by atoms with Crippen LogP contribution in [0.25, 0.3) is 0 Å². The Morgan fingerprint density at radius 2 is 2.10 bits per heavy atom. The molecular formula is C17H21FN2O. The van der Waals surface area contributed by atoms with E-state index in [1.165, 1.54) is 6.07 Å². The lowest BCUT2D eigenvalue weighted by Crippen LogP contribution is -2.15. The summed E-state index contributed by atoms with van der Waals surface area (Å²) in [5.74, 6) is -0.0226. The van der Waals surface area contributed by atoms with Crippen molar-refractivity contribution in [2.75, 3.05) is 6.54 Å². The first-order valence-corrected chi connectivity index (χ1v) is 7.23. The fourth-order valence-corrected chi connectivity index (χ4v) is 2.06. The molecule has 1 N–H and O–H groups in total. The lowest BCUT2D eigenvalue weighted by Gasteiger charge is -2.13. The summed E-state index contributed by atoms with van der Waals surface area (Å²) in [6.45, 7) is 5.84. The number of hydrogen-bond donors (Lipinski definition) is 1. The summed E-state index contributed by atoms with van der Waals surface area (Å²) in [4.78, 5) is 4.27. The second kappa shape index (κ2) is 7.74. The molecule has 21 heavy (non-hydrogen) atoms. The van der Waals surface area contributed by atoms with Crippen LogP contribution in [0.3, 0.4) is 0 Å². The van der Waals surface area contributed by atoms with Crippen LogP contribution in [0, 0.1) is 12.7 Å². The summed E-state index contributed by atoms with van der Waals surface area (Å²) >= 11 is 0. The third kappa shape index (κ3) is 4.26. The van der Waals surface area contributed by atoms with Gasteiger partial charge in [-0.05, 0) is 37.6 Å². The van der Waals surface area contributed by atoms with E-state index in [1.54, 1.807) is 12.3 Å². The highest BCUT2D eigenvalue weighted by Gasteiger charge is 2.10. The fraction of sp³-hybridized carbons (Fsp3) is 0.353. The van der Waals surface area contributed by atoms with Crippen LogP contribution >= 0.6 is 0 Å². The molecular weight excluding hydrogens is 267 g/mol. The molecule has 0 spiro atoms. The first kappa shape index (κ1) is 15.4. The van der Waals surface area contributed by atoms with E-state index in [4.69, 9.17) is 4.74 Å². The molecule has 0 amide bonds. The van der Waals surface area contributed by atoms with Crippen LogP contribution in [0.2, 0.25) is 0 Å². The van der Waals surface area contributed by atoms with Gasteiger partial charge < -0.3 is 10.1 Å². The molecule has 0 atom stereocenters. The lowest BCUT2D eigenvalue weighted by atomic mass is 10.2. The molecule has 3 nitrogen and oxygen atoms in total. The third-order valence-electron chi connectivity index (χ3n) is 3.26. The highest BCUT2D eigenvalue weighted by Crippen LogP contribution is 2.24. The molecule has 1 heterocycles. The third-order valence-corrected chi connectivity index (χ3v) is 3.26. The van der Waals surface area contributed by atoms with E-state index in [-0.39, 0.29) is 12.4 Å². The summed E-state index contributed by atoms with van der Waals surface area (Å²) < 4.78 is 19.7. The van der Waals surface area contributed by atoms with Gasteiger partial charge in [-0.15, -0.1) is 0 Å². The minimum atomic E-state index is -0.334. The summed E-state index contributed by atoms with van der Waals surface area (Å²) in [6.07, 6.45) is 2.76. The number of ether oxygens (including phenoxy) is 1. The lowest BCUT2D eigenvalue weighted by molar-refractivity contribution is 0.281. The van der Waals surface area contributed by atoms with Gasteiger partial charge in [0.05, 0.1) is 5.69 Å². The largest absolute Gasteiger partial charge is 0.484 e. The first-order valence-electron chi connectivity index (χ1n) is 7.23. The van der Waals surface area contributed by atoms with Crippen molar-refractivity contribution < 1.29 is 9.13 Å². The number of hydrogen-bond acceptors (Lipinski definition) is 3. The van der Waals surface area contributed by atoms with Crippen molar-refractivity contribution in [1.82, 2.24) is 10.3 Å². The molecule has 0 saturated carbocycles. The van der Waals surface area contributed by atoms with E-state index >= 15 is 0 Å². The van der Waals surface area contributed by atoms with E-state index in [9.17, 15) is 4.39 Å². The van der Waals surface area contributed by atoms with Gasteiger partial charge in [-0.3, -0.25) is 4.98 Å². The average molecular weight is 288 g/mol. The van der Waals surface area contributed by atoms with Crippen molar-refractivity contribution in [3.63, 3.8) is 0 Å². The van der Waals surface area contributed by atoms with Crippen molar-refractivity contribution >= 4 is 0 Å². The SMILES string of the molecule is CCCNCc1cccc(F)c1OCc1ncccc1C. The molecule has 1 aromatic heterocycles. The Bertz CT molecular complexity index is 587. The van der Waals surface area contributed by atoms with E-state index in [2.05, 4.69) is 17.2 Å². The van der Waals surface area contributed by atoms with Crippen molar-refractivity contribution in [2.45, 2.75) is 33.4 Å². The van der Waals surface area contributed by atoms with Crippen molar-refractivity contribution in [3.8, 4) is 5.75 Å². The molecule has 112 valence electrons. The van der Waals surface area contributed by atoms with E-state index < -0.39 is 0 Å². The smallest absolute Gasteiger partial charge is 0.165 e. The normalized spacial score (nSPS) is 10.6. The number of para-hydroxylation sites is 1. The second-order valence-electron chi connectivity index (χ2n) is 4.96. The predicted molar refractivity (Wildman–Crippen MR) is 81.7 cm³/mol. The van der Waals surface area contributed by atoms with Gasteiger partial charge in [0, 0.05) is 18.3 Å². The van der Waals surface area contributed by atoms with Gasteiger partial charge >= 0.3 is 0 Å². The minimum absolute atomic E-state index is 0.272. The van der Waals surface area contributed by atoms with Crippen molar-refractivity contribution in [1.29, 1.82) is 0 Å². The zero-order valence-electron chi connectivity index (χ0n) is 12.5. The maximum absolute atomic E-state index is 14.0. The highest BCUT2D eigenvalue weighted by atomic mass is 19.1. The maximum atomic E-state index is 14.0. The monoisotopic (exact) mass is 288 g/mol. The molecule has 0 unspecified atom stereocenters. The molecule has 1 aromatic carbocycles. The average Bonchev–Trinajstić information content (AvgIpc) is 2.48.